The van der Waals surface area contributed by atoms with Crippen LogP contribution in [-0.4, -0.2) is 28.6 Å². The van der Waals surface area contributed by atoms with Gasteiger partial charge in [0.25, 0.3) is 5.69 Å². The summed E-state index contributed by atoms with van der Waals surface area (Å²) in [6.45, 7) is 2.00. The molecule has 1 aromatic rings. The van der Waals surface area contributed by atoms with E-state index in [1.165, 1.54) is 12.1 Å². The lowest BCUT2D eigenvalue weighted by Gasteiger charge is -2.11. The van der Waals surface area contributed by atoms with Crippen molar-refractivity contribution in [2.24, 2.45) is 5.73 Å². The summed E-state index contributed by atoms with van der Waals surface area (Å²) in [7, 11) is 0. The highest BCUT2D eigenvalue weighted by Crippen LogP contribution is 2.25. The van der Waals surface area contributed by atoms with Gasteiger partial charge < -0.3 is 16.2 Å². The molecule has 0 saturated carbocycles. The molecule has 0 heterocycles. The van der Waals surface area contributed by atoms with Crippen LogP contribution in [0.15, 0.2) is 18.2 Å². The van der Waals surface area contributed by atoms with E-state index in [-0.39, 0.29) is 23.5 Å². The number of hydrogen-bond acceptors (Lipinski definition) is 5. The van der Waals surface area contributed by atoms with E-state index in [1.54, 1.807) is 6.92 Å². The number of hydrogen-bond donors (Lipinski definition) is 3. The van der Waals surface area contributed by atoms with Crippen LogP contribution in [0.1, 0.15) is 23.7 Å². The number of nitrogens with zero attached hydrogens (tertiary/aromatic N) is 1. The second kappa shape index (κ2) is 5.97. The Hall–Kier alpha value is -2.15. The summed E-state index contributed by atoms with van der Waals surface area (Å²) < 4.78 is 0. The molecule has 0 bridgehead atoms. The second-order valence-electron chi connectivity index (χ2n) is 3.80. The second-order valence-corrected chi connectivity index (χ2v) is 3.80. The summed E-state index contributed by atoms with van der Waals surface area (Å²) >= 11 is 0. The molecule has 0 radical (unpaired) electrons. The van der Waals surface area contributed by atoms with E-state index in [4.69, 9.17) is 5.73 Å². The highest BCUT2D eigenvalue weighted by Gasteiger charge is 2.16. The summed E-state index contributed by atoms with van der Waals surface area (Å²) in [5.74, 6) is -0.724. The summed E-state index contributed by atoms with van der Waals surface area (Å²) in [4.78, 5) is 21.2. The number of nitrogens with one attached hydrogen (secondary N) is 1. The number of nitro groups is 1. The van der Waals surface area contributed by atoms with Crippen molar-refractivity contribution in [3.63, 3.8) is 0 Å². The number of aliphatic hydroxyl groups is 1. The van der Waals surface area contributed by atoms with Crippen molar-refractivity contribution in [2.45, 2.75) is 19.4 Å². The van der Waals surface area contributed by atoms with Crippen LogP contribution in [0.4, 0.5) is 11.4 Å². The minimum atomic E-state index is -0.724. The van der Waals surface area contributed by atoms with Crippen LogP contribution in [0.2, 0.25) is 0 Å². The number of anilines is 1. The van der Waals surface area contributed by atoms with E-state index in [0.29, 0.717) is 6.42 Å². The van der Waals surface area contributed by atoms with Crippen LogP contribution >= 0.6 is 0 Å². The molecule has 7 nitrogen and oxygen atoms in total. The van der Waals surface area contributed by atoms with Gasteiger partial charge in [0, 0.05) is 18.2 Å². The largest absolute Gasteiger partial charge is 0.391 e. The van der Waals surface area contributed by atoms with Gasteiger partial charge >= 0.3 is 0 Å². The first-order valence-electron chi connectivity index (χ1n) is 5.45. The molecule has 0 aliphatic rings. The van der Waals surface area contributed by atoms with E-state index in [2.05, 4.69) is 5.32 Å². The number of rotatable bonds is 6. The Balaban J connectivity index is 2.97. The number of amides is 1. The van der Waals surface area contributed by atoms with Gasteiger partial charge in [0.1, 0.15) is 5.69 Å². The van der Waals surface area contributed by atoms with Gasteiger partial charge in [-0.3, -0.25) is 14.9 Å². The monoisotopic (exact) mass is 253 g/mol. The molecule has 0 aliphatic heterocycles. The van der Waals surface area contributed by atoms with E-state index in [0.717, 1.165) is 6.07 Å². The first kappa shape index (κ1) is 13.9. The van der Waals surface area contributed by atoms with Gasteiger partial charge in [-0.05, 0) is 18.6 Å². The van der Waals surface area contributed by atoms with Crippen molar-refractivity contribution in [1.82, 2.24) is 0 Å². The topological polar surface area (TPSA) is 118 Å². The van der Waals surface area contributed by atoms with Crippen molar-refractivity contribution in [2.75, 3.05) is 11.9 Å². The maximum Gasteiger partial charge on any atom is 0.293 e. The number of aliphatic hydroxyl groups excluding tert-OH is 1. The lowest BCUT2D eigenvalue weighted by atomic mass is 10.1. The van der Waals surface area contributed by atoms with Gasteiger partial charge in [-0.15, -0.1) is 0 Å². The Kier molecular flexibility index (Phi) is 4.61. The molecule has 0 spiro atoms. The number of nitro benzene ring substituents is 1. The first-order chi connectivity index (χ1) is 8.45. The van der Waals surface area contributed by atoms with Crippen LogP contribution in [0.5, 0.6) is 0 Å². The highest BCUT2D eigenvalue weighted by atomic mass is 16.6. The van der Waals surface area contributed by atoms with Gasteiger partial charge in [0.2, 0.25) is 5.91 Å². The van der Waals surface area contributed by atoms with Crippen LogP contribution in [0.3, 0.4) is 0 Å². The molecule has 1 unspecified atom stereocenters. The van der Waals surface area contributed by atoms with E-state index < -0.39 is 16.9 Å². The first-order valence-corrected chi connectivity index (χ1v) is 5.45. The van der Waals surface area contributed by atoms with Crippen molar-refractivity contribution < 1.29 is 14.8 Å². The van der Waals surface area contributed by atoms with Gasteiger partial charge in [0.15, 0.2) is 0 Å². The predicted octanol–water partition coefficient (Wildman–Crippen LogP) is 0.876. The summed E-state index contributed by atoms with van der Waals surface area (Å²) in [5, 5.41) is 23.0. The van der Waals surface area contributed by atoms with Crippen molar-refractivity contribution >= 4 is 17.3 Å². The van der Waals surface area contributed by atoms with Gasteiger partial charge in [-0.1, -0.05) is 6.92 Å². The molecular formula is C11H15N3O4. The van der Waals surface area contributed by atoms with E-state index in [1.807, 2.05) is 0 Å². The van der Waals surface area contributed by atoms with Gasteiger partial charge in [-0.2, -0.15) is 0 Å². The predicted molar refractivity (Wildman–Crippen MR) is 66.4 cm³/mol. The number of carbonyl (C=O) groups excluding carboxylic acids is 1. The molecule has 1 aromatic carbocycles. The van der Waals surface area contributed by atoms with Gasteiger partial charge in [0.05, 0.1) is 11.0 Å². The Morgan fingerprint density at radius 2 is 2.28 bits per heavy atom. The van der Waals surface area contributed by atoms with Crippen LogP contribution in [0.25, 0.3) is 0 Å². The summed E-state index contributed by atoms with van der Waals surface area (Å²) in [6.07, 6.45) is -0.0411. The third-order valence-electron chi connectivity index (χ3n) is 2.48. The SMILES string of the molecule is CCC(O)CNc1ccc(C(N)=O)cc1[N+](=O)[O-]. The minimum absolute atomic E-state index is 0.0725. The summed E-state index contributed by atoms with van der Waals surface area (Å²) in [6, 6.07) is 3.92. The average Bonchev–Trinajstić information content (AvgIpc) is 2.35. The van der Waals surface area contributed by atoms with E-state index in [9.17, 15) is 20.0 Å². The fraction of sp³-hybridized carbons (Fsp3) is 0.364. The lowest BCUT2D eigenvalue weighted by Crippen LogP contribution is -2.19. The Labute approximate surface area is 104 Å². The normalized spacial score (nSPS) is 11.9. The van der Waals surface area contributed by atoms with Crippen molar-refractivity contribution in [1.29, 1.82) is 0 Å². The third kappa shape index (κ3) is 3.42. The van der Waals surface area contributed by atoms with Crippen molar-refractivity contribution in [3.05, 3.63) is 33.9 Å². The number of carbonyl (C=O) groups is 1. The van der Waals surface area contributed by atoms with Crippen LogP contribution < -0.4 is 11.1 Å². The standard InChI is InChI=1S/C11H15N3O4/c1-2-8(15)6-13-9-4-3-7(11(12)16)5-10(9)14(17)18/h3-5,8,13,15H,2,6H2,1H3,(H2,12,16). The maximum absolute atomic E-state index is 10.9. The lowest BCUT2D eigenvalue weighted by molar-refractivity contribution is -0.384. The smallest absolute Gasteiger partial charge is 0.293 e. The molecule has 0 saturated heterocycles. The molecule has 0 aromatic heterocycles. The summed E-state index contributed by atoms with van der Waals surface area (Å²) in [5.41, 5.74) is 5.13. The van der Waals surface area contributed by atoms with Crippen molar-refractivity contribution in [3.8, 4) is 0 Å². The molecule has 7 heteroatoms. The fourth-order valence-corrected chi connectivity index (χ4v) is 1.36. The van der Waals surface area contributed by atoms with Crippen LogP contribution in [-0.2, 0) is 0 Å². The molecule has 1 atom stereocenters. The zero-order chi connectivity index (χ0) is 13.7. The quantitative estimate of drug-likeness (QED) is 0.513. The molecule has 98 valence electrons. The average molecular weight is 253 g/mol. The molecule has 0 fully saturated rings. The molecule has 0 aliphatic carbocycles. The van der Waals surface area contributed by atoms with Crippen LogP contribution in [0, 0.1) is 10.1 Å². The molecular weight excluding hydrogens is 238 g/mol. The Morgan fingerprint density at radius 1 is 1.61 bits per heavy atom. The third-order valence-corrected chi connectivity index (χ3v) is 2.48. The molecule has 1 amide bonds. The number of benzene rings is 1. The Morgan fingerprint density at radius 3 is 2.78 bits per heavy atom. The highest BCUT2D eigenvalue weighted by molar-refractivity contribution is 5.94. The number of primary amides is 1. The van der Waals surface area contributed by atoms with E-state index >= 15 is 0 Å². The number of nitrogens with two attached hydrogens (primary N) is 1. The molecule has 18 heavy (non-hydrogen) atoms. The maximum atomic E-state index is 10.9. The Bertz CT molecular complexity index is 462. The molecule has 4 N–H and O–H groups in total. The minimum Gasteiger partial charge on any atom is -0.391 e. The zero-order valence-corrected chi connectivity index (χ0v) is 9.92. The zero-order valence-electron chi connectivity index (χ0n) is 9.92. The van der Waals surface area contributed by atoms with Gasteiger partial charge in [-0.25, -0.2) is 0 Å². The molecule has 1 rings (SSSR count). The fourth-order valence-electron chi connectivity index (χ4n) is 1.36.